The summed E-state index contributed by atoms with van der Waals surface area (Å²) >= 11 is 0. The molecule has 0 saturated heterocycles. The van der Waals surface area contributed by atoms with Crippen molar-refractivity contribution in [3.05, 3.63) is 137 Å². The third-order valence-corrected chi connectivity index (χ3v) is 14.8. The molecule has 0 saturated carbocycles. The predicted octanol–water partition coefficient (Wildman–Crippen LogP) is 5.88. The van der Waals surface area contributed by atoms with Crippen LogP contribution in [0.5, 0.6) is 5.75 Å². The second-order valence-electron chi connectivity index (χ2n) is 21.7. The van der Waals surface area contributed by atoms with Crippen LogP contribution in [0.15, 0.2) is 126 Å². The first-order valence-corrected chi connectivity index (χ1v) is 32.1. The minimum absolute atomic E-state index is 0.0236. The molecule has 2 heterocycles. The van der Waals surface area contributed by atoms with Crippen LogP contribution < -0.4 is 9.64 Å². The number of rotatable bonds is 23. The zero-order valence-electron chi connectivity index (χ0n) is 59.5. The molecule has 4 unspecified atom stereocenters. The number of carbonyl (C=O) groups is 5. The van der Waals surface area contributed by atoms with Gasteiger partial charge in [-0.15, -0.1) is 25.3 Å². The van der Waals surface area contributed by atoms with Gasteiger partial charge in [0.25, 0.3) is 11.5 Å². The topological polar surface area (TPSA) is 362 Å². The summed E-state index contributed by atoms with van der Waals surface area (Å²) in [5.41, 5.74) is 6.73. The zero-order chi connectivity index (χ0) is 75.5. The molecule has 3 aromatic carbocycles. The molecule has 2 aliphatic heterocycles. The third-order valence-electron chi connectivity index (χ3n) is 14.8. The first kappa shape index (κ1) is 71.4. The fraction of sp³-hybridized carbons (Fsp3) is 0.460. The number of para-hydroxylation sites is 3. The van der Waals surface area contributed by atoms with E-state index in [9.17, 15) is 32.4 Å². The van der Waals surface area contributed by atoms with E-state index in [0.29, 0.717) is 12.2 Å². The highest BCUT2D eigenvalue weighted by Crippen LogP contribution is 2.50. The lowest BCUT2D eigenvalue weighted by molar-refractivity contribution is -0.401. The molecule has 3 aromatic rings. The summed E-state index contributed by atoms with van der Waals surface area (Å²) in [6.07, 6.45) is 12.5. The third kappa shape index (κ3) is 27.8. The lowest BCUT2D eigenvalue weighted by Crippen LogP contribution is -2.44. The van der Waals surface area contributed by atoms with Crippen LogP contribution >= 0.6 is 0 Å². The Labute approximate surface area is 554 Å². The molecule has 6 rings (SSSR count). The van der Waals surface area contributed by atoms with Crippen molar-refractivity contribution < 1.29 is 101 Å². The van der Waals surface area contributed by atoms with Crippen LogP contribution in [0.4, 0.5) is 16.2 Å². The quantitative estimate of drug-likeness (QED) is 0.0827. The molecule has 3 aliphatic rings. The fourth-order valence-corrected chi connectivity index (χ4v) is 9.95. The number of fused-ring (bicyclic) bond motifs is 2. The number of benzene rings is 3. The van der Waals surface area contributed by atoms with Crippen LogP contribution in [0.3, 0.4) is 0 Å². The van der Waals surface area contributed by atoms with E-state index in [2.05, 4.69) is 58.4 Å². The molecular weight excluding hydrogens is 1270 g/mol. The average Bonchev–Trinajstić information content (AvgIpc) is 1.60. The SMILES string of the molecule is O=C=O.O=C=O.O=S(=O)=O.O=S(=O)=O.[3H]CN1C(=CC=C2CCCC(C=CC3=[N+](C[3H])c4ccccc4C3(C)C)=C2Oc2ccccc2)C(C)(CC(=O)N(C)CCC([3H])N(C)C(=O)CCC(=O)N(C)CCC([3H])N(C)C(=O)N(C)C(C)CCC(=O)O[3H])c2ccccc21.[3H]OS(C)(=O)=O. The largest absolute Gasteiger partial charge is 0.481 e. The van der Waals surface area contributed by atoms with Crippen LogP contribution in [-0.4, -0.2) is 208 Å². The van der Waals surface area contributed by atoms with Gasteiger partial charge in [-0.05, 0) is 113 Å². The van der Waals surface area contributed by atoms with Gasteiger partial charge in [0.05, 0.1) is 11.7 Å². The molecule has 4 atom stereocenters. The second kappa shape index (κ2) is 40.0. The van der Waals surface area contributed by atoms with E-state index in [1.54, 1.807) is 33.0 Å². The molecule has 0 radical (unpaired) electrons. The van der Waals surface area contributed by atoms with E-state index in [-0.39, 0.29) is 101 Å². The first-order chi connectivity index (χ1) is 46.4. The smallest absolute Gasteiger partial charge is 0.425 e. The normalized spacial score (nSPS) is 17.5. The summed E-state index contributed by atoms with van der Waals surface area (Å²) in [5.74, 6) is -0.117. The van der Waals surface area contributed by atoms with Gasteiger partial charge < -0.3 is 39.2 Å². The molecule has 5 amide bonds. The monoisotopic (exact) mass is 1370 g/mol. The number of likely N-dealkylation sites (N-methyl/N-ethyl adjacent to an activating group) is 1. The number of hydrogen-bond donors (Lipinski definition) is 2. The number of amides is 5. The Morgan fingerprint density at radius 1 is 0.742 bits per heavy atom. The molecule has 2 N–H and O–H groups in total. The molecular formula is C63H84N7O20S3+. The van der Waals surface area contributed by atoms with Gasteiger partial charge in [0.2, 0.25) is 24.8 Å². The average molecular weight is 1370 g/mol. The number of hydrogen-bond acceptors (Lipinski definition) is 21. The van der Waals surface area contributed by atoms with Gasteiger partial charge in [0.15, 0.2) is 5.71 Å². The molecule has 27 nitrogen and oxygen atoms in total. The summed E-state index contributed by atoms with van der Waals surface area (Å²) < 4.78 is 129. The van der Waals surface area contributed by atoms with Gasteiger partial charge in [-0.3, -0.25) is 23.7 Å². The summed E-state index contributed by atoms with van der Waals surface area (Å²) in [6, 6.07) is 25.1. The van der Waals surface area contributed by atoms with Crippen LogP contribution in [0.1, 0.15) is 109 Å². The molecule has 0 spiro atoms. The molecule has 93 heavy (non-hydrogen) atoms. The van der Waals surface area contributed by atoms with E-state index in [0.717, 1.165) is 70.8 Å². The number of aliphatic carboxylic acids is 1. The molecule has 0 fully saturated rings. The van der Waals surface area contributed by atoms with Crippen LogP contribution in [-0.2, 0) is 80.5 Å². The number of carbonyl (C=O) groups excluding carboxylic acids is 8. The zero-order valence-corrected chi connectivity index (χ0v) is 55.9. The maximum Gasteiger partial charge on any atom is 0.425 e. The Morgan fingerprint density at radius 2 is 1.26 bits per heavy atom. The van der Waals surface area contributed by atoms with Crippen LogP contribution in [0.25, 0.3) is 2.86 Å². The van der Waals surface area contributed by atoms with Crippen molar-refractivity contribution in [2.75, 3.05) is 86.6 Å². The number of anilines is 1. The lowest BCUT2D eigenvalue weighted by Gasteiger charge is -2.30. The molecule has 508 valence electrons. The van der Waals surface area contributed by atoms with E-state index < -0.39 is 67.7 Å². The molecule has 0 aromatic heterocycles. The number of urea groups is 1. The first-order valence-electron chi connectivity index (χ1n) is 31.7. The predicted molar refractivity (Wildman–Crippen MR) is 341 cm³/mol. The fourth-order valence-electron chi connectivity index (χ4n) is 9.95. The van der Waals surface area contributed by atoms with Gasteiger partial charge in [0, 0.05) is 139 Å². The van der Waals surface area contributed by atoms with Crippen molar-refractivity contribution >= 4 is 90.4 Å². The number of allylic oxidation sites excluding steroid dienone is 7. The van der Waals surface area contributed by atoms with E-state index in [4.69, 9.17) is 57.5 Å². The van der Waals surface area contributed by atoms with Crippen molar-refractivity contribution in [3.63, 3.8) is 0 Å². The Bertz CT molecular complexity index is 3800. The Hall–Kier alpha value is -9.05. The van der Waals surface area contributed by atoms with E-state index in [1.807, 2.05) is 84.6 Å². The van der Waals surface area contributed by atoms with Crippen molar-refractivity contribution in [1.82, 2.24) is 24.5 Å². The minimum Gasteiger partial charge on any atom is -0.481 e. The van der Waals surface area contributed by atoms with Crippen molar-refractivity contribution in [2.45, 2.75) is 109 Å². The number of nitrogens with zero attached hydrogens (tertiary/aromatic N) is 7. The second-order valence-corrected chi connectivity index (χ2v) is 24.0. The Kier molecular flexibility index (Phi) is 30.7. The Morgan fingerprint density at radius 3 is 1.81 bits per heavy atom. The maximum absolute atomic E-state index is 14.4. The molecule has 1 aliphatic carbocycles. The van der Waals surface area contributed by atoms with E-state index in [1.165, 1.54) is 39.3 Å². The van der Waals surface area contributed by atoms with Gasteiger partial charge in [-0.1, -0.05) is 60.7 Å². The van der Waals surface area contributed by atoms with Crippen molar-refractivity contribution in [3.8, 4) is 5.75 Å². The maximum atomic E-state index is 14.4. The van der Waals surface area contributed by atoms with Crippen molar-refractivity contribution in [1.29, 1.82) is 2.86 Å². The highest BCUT2D eigenvalue weighted by Gasteiger charge is 2.45. The van der Waals surface area contributed by atoms with Crippen molar-refractivity contribution in [2.24, 2.45) is 0 Å². The lowest BCUT2D eigenvalue weighted by atomic mass is 9.78. The number of carboxylic acids is 1. The van der Waals surface area contributed by atoms with Crippen LogP contribution in [0.2, 0.25) is 0 Å². The Balaban J connectivity index is 0.00000216. The van der Waals surface area contributed by atoms with Gasteiger partial charge in [-0.25, -0.2) is 4.79 Å². The highest BCUT2D eigenvalue weighted by molar-refractivity contribution is 7.85. The number of carboxylic acid groups (broad SMARTS) is 1. The van der Waals surface area contributed by atoms with Gasteiger partial charge in [0.1, 0.15) is 19.9 Å². The van der Waals surface area contributed by atoms with Gasteiger partial charge >= 0.3 is 45.5 Å². The minimum atomic E-state index is -3.50. The van der Waals surface area contributed by atoms with Gasteiger partial charge in [-0.2, -0.15) is 32.2 Å². The highest BCUT2D eigenvalue weighted by atomic mass is 32.2. The van der Waals surface area contributed by atoms with Crippen LogP contribution in [0, 0.1) is 0 Å². The summed E-state index contributed by atoms with van der Waals surface area (Å²) in [4.78, 5) is 107. The summed E-state index contributed by atoms with van der Waals surface area (Å²) in [7, 11) is -1.86. The molecule has 30 heteroatoms. The summed E-state index contributed by atoms with van der Waals surface area (Å²) in [5, 5.41) is 3.94. The molecule has 0 bridgehead atoms. The summed E-state index contributed by atoms with van der Waals surface area (Å²) in [6.45, 7) is 6.58. The van der Waals surface area contributed by atoms with E-state index >= 15 is 0 Å². The standard InChI is InChI=1S/C60H79N7O7.CH4O3S.2CO2.2O3S/c1-43(30-37-56(71)72)65(9)58(73)64(8)41-21-39-62(6)54(69)36-35-53(68)61(5)38-20-40-63(7)55(70)42-60(4)48-27-16-18-29-50(48)67(11)52(60)34-32-45-23-19-22-44(57(45)74-46-24-13-12-14-25-46)31-33-51-59(2,3)47-26-15-17-28-49(47)66(51)10;1-5(2,3)4;2*2-1-3;2*1-4(2)3/h12-18,24-29,31-34,43H,19-23,30,35-42H2,1-11H3;1H3,(H,2,3,4);;;;/p+1/i10T,11T,38T,41T;;;;;/hT2. The number of ether oxygens (including phenoxy) is 1.